The Bertz CT molecular complexity index is 1290. The Morgan fingerprint density at radius 3 is 2.60 bits per heavy atom. The largest absolute Gasteiger partial charge is 0.439 e. The molecule has 7 nitrogen and oxygen atoms in total. The number of fused-ring (bicyclic) bond motifs is 1. The van der Waals surface area contributed by atoms with E-state index in [9.17, 15) is 14.0 Å². The number of aryl methyl sites for hydroxylation is 1. The third-order valence-electron chi connectivity index (χ3n) is 4.46. The predicted octanol–water partition coefficient (Wildman–Crippen LogP) is 3.19. The fourth-order valence-corrected chi connectivity index (χ4v) is 2.97. The number of carbonyl (C=O) groups is 1. The molecule has 1 amide bonds. The van der Waals surface area contributed by atoms with Gasteiger partial charge in [0.25, 0.3) is 11.5 Å². The third-order valence-corrected chi connectivity index (χ3v) is 4.46. The average molecular weight is 404 g/mol. The number of amides is 1. The van der Waals surface area contributed by atoms with Crippen LogP contribution in [0.15, 0.2) is 71.7 Å². The molecule has 4 aromatic rings. The Morgan fingerprint density at radius 1 is 1.10 bits per heavy atom. The molecule has 0 aliphatic carbocycles. The molecule has 0 bridgehead atoms. The van der Waals surface area contributed by atoms with Crippen LogP contribution in [0.4, 0.5) is 4.39 Å². The van der Waals surface area contributed by atoms with Crippen LogP contribution in [0.2, 0.25) is 0 Å². The summed E-state index contributed by atoms with van der Waals surface area (Å²) >= 11 is 0. The molecule has 0 unspecified atom stereocenters. The maximum atomic E-state index is 13.0. The molecule has 150 valence electrons. The first kappa shape index (κ1) is 19.3. The van der Waals surface area contributed by atoms with Crippen LogP contribution in [0.5, 0.6) is 11.6 Å². The van der Waals surface area contributed by atoms with E-state index in [0.29, 0.717) is 22.4 Å². The molecule has 2 aromatic carbocycles. The molecule has 0 fully saturated rings. The zero-order chi connectivity index (χ0) is 21.1. The van der Waals surface area contributed by atoms with Gasteiger partial charge in [0.2, 0.25) is 5.88 Å². The maximum absolute atomic E-state index is 13.0. The quantitative estimate of drug-likeness (QED) is 0.552. The topological polar surface area (TPSA) is 86.1 Å². The summed E-state index contributed by atoms with van der Waals surface area (Å²) in [6, 6.07) is 15.9. The number of benzene rings is 2. The Labute approximate surface area is 170 Å². The summed E-state index contributed by atoms with van der Waals surface area (Å²) in [5.74, 6) is 0.0101. The van der Waals surface area contributed by atoms with E-state index >= 15 is 0 Å². The first-order valence-corrected chi connectivity index (χ1v) is 9.14. The Balaban J connectivity index is 1.51. The van der Waals surface area contributed by atoms with Gasteiger partial charge >= 0.3 is 0 Å². The van der Waals surface area contributed by atoms with Crippen molar-refractivity contribution >= 4 is 16.7 Å². The Hall–Kier alpha value is -4.07. The van der Waals surface area contributed by atoms with E-state index in [0.717, 1.165) is 10.2 Å². The van der Waals surface area contributed by atoms with Gasteiger partial charge in [0.1, 0.15) is 11.6 Å². The summed E-state index contributed by atoms with van der Waals surface area (Å²) in [6.07, 6.45) is 1.56. The highest BCUT2D eigenvalue weighted by Gasteiger charge is 2.15. The summed E-state index contributed by atoms with van der Waals surface area (Å²) in [5.41, 5.74) is 0.660. The monoisotopic (exact) mass is 404 g/mol. The van der Waals surface area contributed by atoms with Gasteiger partial charge in [0.15, 0.2) is 5.69 Å². The molecule has 0 aliphatic heterocycles. The first-order valence-electron chi connectivity index (χ1n) is 9.14. The van der Waals surface area contributed by atoms with Crippen molar-refractivity contribution in [3.8, 4) is 11.6 Å². The van der Waals surface area contributed by atoms with Gasteiger partial charge in [-0.1, -0.05) is 18.2 Å². The number of ether oxygens (including phenoxy) is 1. The van der Waals surface area contributed by atoms with Crippen LogP contribution in [-0.2, 0) is 13.6 Å². The molecule has 0 saturated heterocycles. The predicted molar refractivity (Wildman–Crippen MR) is 109 cm³/mol. The Morgan fingerprint density at radius 2 is 1.83 bits per heavy atom. The molecule has 0 atom stereocenters. The number of nitrogens with one attached hydrogen (secondary N) is 1. The van der Waals surface area contributed by atoms with Crippen LogP contribution in [-0.4, -0.2) is 20.7 Å². The molecule has 0 saturated carbocycles. The minimum absolute atomic E-state index is 0.171. The summed E-state index contributed by atoms with van der Waals surface area (Å²) < 4.78 is 19.8. The zero-order valence-electron chi connectivity index (χ0n) is 16.0. The molecule has 0 radical (unpaired) electrons. The van der Waals surface area contributed by atoms with Crippen LogP contribution >= 0.6 is 0 Å². The second-order valence-corrected chi connectivity index (χ2v) is 6.56. The van der Waals surface area contributed by atoms with E-state index in [-0.39, 0.29) is 23.6 Å². The number of hydrogen-bond acceptors (Lipinski definition) is 5. The van der Waals surface area contributed by atoms with E-state index in [2.05, 4.69) is 15.4 Å². The van der Waals surface area contributed by atoms with E-state index in [4.69, 9.17) is 4.74 Å². The van der Waals surface area contributed by atoms with Gasteiger partial charge in [0, 0.05) is 31.2 Å². The maximum Gasteiger partial charge on any atom is 0.274 e. The molecule has 8 heteroatoms. The van der Waals surface area contributed by atoms with Gasteiger partial charge in [-0.3, -0.25) is 9.59 Å². The van der Waals surface area contributed by atoms with E-state index in [1.165, 1.54) is 31.3 Å². The van der Waals surface area contributed by atoms with Crippen LogP contribution in [0, 0.1) is 5.82 Å². The second kappa shape index (κ2) is 8.12. The van der Waals surface area contributed by atoms with Crippen LogP contribution in [0.25, 0.3) is 10.8 Å². The van der Waals surface area contributed by atoms with Gasteiger partial charge in [0.05, 0.1) is 5.39 Å². The van der Waals surface area contributed by atoms with Gasteiger partial charge in [-0.2, -0.15) is 5.10 Å². The normalized spacial score (nSPS) is 10.7. The van der Waals surface area contributed by atoms with Crippen molar-refractivity contribution in [2.75, 3.05) is 0 Å². The number of nitrogens with zero attached hydrogens (tertiary/aromatic N) is 3. The van der Waals surface area contributed by atoms with Crippen molar-refractivity contribution in [3.05, 3.63) is 94.3 Å². The summed E-state index contributed by atoms with van der Waals surface area (Å²) in [6.45, 7) is 0.208. The highest BCUT2D eigenvalue weighted by molar-refractivity contribution is 6.04. The minimum atomic E-state index is -0.403. The van der Waals surface area contributed by atoms with E-state index in [1.807, 2.05) is 0 Å². The van der Waals surface area contributed by atoms with Crippen LogP contribution < -0.4 is 15.6 Å². The number of pyridine rings is 1. The minimum Gasteiger partial charge on any atom is -0.439 e. The molecular weight excluding hydrogens is 387 g/mol. The number of rotatable bonds is 5. The fraction of sp³-hybridized carbons (Fsp3) is 0.0909. The van der Waals surface area contributed by atoms with Crippen molar-refractivity contribution in [1.82, 2.24) is 20.1 Å². The lowest BCUT2D eigenvalue weighted by atomic mass is 10.1. The van der Waals surface area contributed by atoms with Crippen LogP contribution in [0.1, 0.15) is 16.1 Å². The van der Waals surface area contributed by atoms with Gasteiger partial charge in [-0.05, 0) is 42.0 Å². The smallest absolute Gasteiger partial charge is 0.274 e. The number of hydrogen-bond donors (Lipinski definition) is 1. The van der Waals surface area contributed by atoms with Gasteiger partial charge < -0.3 is 10.1 Å². The molecule has 0 spiro atoms. The molecule has 0 aliphatic rings. The number of halogens is 1. The van der Waals surface area contributed by atoms with Crippen molar-refractivity contribution in [1.29, 1.82) is 0 Å². The Kier molecular flexibility index (Phi) is 5.21. The van der Waals surface area contributed by atoms with Gasteiger partial charge in [-0.25, -0.2) is 14.1 Å². The lowest BCUT2D eigenvalue weighted by Crippen LogP contribution is -2.29. The summed E-state index contributed by atoms with van der Waals surface area (Å²) in [5, 5.41) is 7.84. The summed E-state index contributed by atoms with van der Waals surface area (Å²) in [4.78, 5) is 29.1. The molecule has 30 heavy (non-hydrogen) atoms. The van der Waals surface area contributed by atoms with E-state index < -0.39 is 5.91 Å². The third kappa shape index (κ3) is 4.02. The average Bonchev–Trinajstić information content (AvgIpc) is 2.76. The molecule has 2 aromatic heterocycles. The second-order valence-electron chi connectivity index (χ2n) is 6.56. The zero-order valence-corrected chi connectivity index (χ0v) is 16.0. The fourth-order valence-electron chi connectivity index (χ4n) is 2.97. The van der Waals surface area contributed by atoms with Crippen molar-refractivity contribution in [3.63, 3.8) is 0 Å². The van der Waals surface area contributed by atoms with Crippen molar-refractivity contribution in [2.45, 2.75) is 6.54 Å². The standard InChI is InChI=1S/C22H17FN4O3/c1-27-22(29)18-5-3-2-4-17(18)20(26-27)21(28)25-13-14-10-11-24-19(12-14)30-16-8-6-15(23)7-9-16/h2-12H,13H2,1H3,(H,25,28). The van der Waals surface area contributed by atoms with Gasteiger partial charge in [-0.15, -0.1) is 0 Å². The summed E-state index contributed by atoms with van der Waals surface area (Å²) in [7, 11) is 1.51. The first-order chi connectivity index (χ1) is 14.5. The number of carbonyl (C=O) groups excluding carboxylic acids is 1. The van der Waals surface area contributed by atoms with Crippen molar-refractivity contribution in [2.24, 2.45) is 7.05 Å². The molecule has 2 heterocycles. The van der Waals surface area contributed by atoms with Crippen molar-refractivity contribution < 1.29 is 13.9 Å². The molecule has 1 N–H and O–H groups in total. The molecular formula is C22H17FN4O3. The molecule has 4 rings (SSSR count). The van der Waals surface area contributed by atoms with Crippen LogP contribution in [0.3, 0.4) is 0 Å². The number of aromatic nitrogens is 3. The lowest BCUT2D eigenvalue weighted by molar-refractivity contribution is 0.0945. The highest BCUT2D eigenvalue weighted by Crippen LogP contribution is 2.20. The lowest BCUT2D eigenvalue weighted by Gasteiger charge is -2.10. The SMILES string of the molecule is Cn1nc(C(=O)NCc2ccnc(Oc3ccc(F)cc3)c2)c2ccccc2c1=O. The highest BCUT2D eigenvalue weighted by atomic mass is 19.1. The van der Waals surface area contributed by atoms with E-state index in [1.54, 1.807) is 42.6 Å².